The fourth-order valence-corrected chi connectivity index (χ4v) is 5.32. The Hall–Kier alpha value is -2.00. The summed E-state index contributed by atoms with van der Waals surface area (Å²) in [6.45, 7) is 3.57. The summed E-state index contributed by atoms with van der Waals surface area (Å²) >= 11 is 0. The summed E-state index contributed by atoms with van der Waals surface area (Å²) in [5.74, 6) is -1.11. The number of hydrogen-bond donors (Lipinski definition) is 0. The summed E-state index contributed by atoms with van der Waals surface area (Å²) in [7, 11) is -3.72. The number of ether oxygens (including phenoxy) is 1. The Bertz CT molecular complexity index is 835. The first-order valence-corrected chi connectivity index (χ1v) is 11.4. The van der Waals surface area contributed by atoms with E-state index in [9.17, 15) is 22.4 Å². The Morgan fingerprint density at radius 3 is 2.38 bits per heavy atom. The van der Waals surface area contributed by atoms with Crippen molar-refractivity contribution in [3.8, 4) is 0 Å². The van der Waals surface area contributed by atoms with Gasteiger partial charge in [-0.05, 0) is 55.9 Å². The molecule has 2 heterocycles. The molecule has 0 radical (unpaired) electrons. The number of likely N-dealkylation sites (tertiary alicyclic amines) is 1. The van der Waals surface area contributed by atoms with Gasteiger partial charge in [0.15, 0.2) is 6.61 Å². The third kappa shape index (κ3) is 5.33. The number of sulfonamides is 1. The molecule has 0 aliphatic carbocycles. The Balaban J connectivity index is 1.48. The predicted octanol–water partition coefficient (Wildman–Crippen LogP) is 2.03. The number of piperidine rings is 2. The molecule has 3 rings (SSSR count). The lowest BCUT2D eigenvalue weighted by molar-refractivity contribution is -0.157. The van der Waals surface area contributed by atoms with Crippen molar-refractivity contribution in [1.29, 1.82) is 0 Å². The Morgan fingerprint density at radius 2 is 1.76 bits per heavy atom. The fourth-order valence-electron chi connectivity index (χ4n) is 3.85. The van der Waals surface area contributed by atoms with Gasteiger partial charge in [0, 0.05) is 26.2 Å². The molecule has 0 N–H and O–H groups in total. The molecule has 0 aromatic heterocycles. The third-order valence-corrected chi connectivity index (χ3v) is 7.50. The lowest BCUT2D eigenvalue weighted by Crippen LogP contribution is -2.43. The van der Waals surface area contributed by atoms with Crippen LogP contribution in [0.3, 0.4) is 0 Å². The lowest BCUT2D eigenvalue weighted by Gasteiger charge is -2.32. The zero-order chi connectivity index (χ0) is 21.0. The largest absolute Gasteiger partial charge is 0.455 e. The summed E-state index contributed by atoms with van der Waals surface area (Å²) in [6, 6.07) is 4.68. The maximum Gasteiger partial charge on any atom is 0.309 e. The van der Waals surface area contributed by atoms with Crippen molar-refractivity contribution in [2.45, 2.75) is 37.5 Å². The molecule has 0 unspecified atom stereocenters. The molecule has 0 saturated carbocycles. The van der Waals surface area contributed by atoms with Crippen LogP contribution in [0.4, 0.5) is 4.39 Å². The second kappa shape index (κ2) is 9.21. The van der Waals surface area contributed by atoms with Gasteiger partial charge in [-0.15, -0.1) is 0 Å². The number of nitrogens with zero attached hydrogens (tertiary/aromatic N) is 2. The van der Waals surface area contributed by atoms with E-state index >= 15 is 0 Å². The van der Waals surface area contributed by atoms with E-state index in [1.165, 1.54) is 16.4 Å². The van der Waals surface area contributed by atoms with E-state index in [0.717, 1.165) is 25.0 Å². The topological polar surface area (TPSA) is 84.0 Å². The van der Waals surface area contributed by atoms with Crippen LogP contribution in [0, 0.1) is 17.7 Å². The summed E-state index contributed by atoms with van der Waals surface area (Å²) in [6.07, 6.45) is 2.72. The molecule has 1 aromatic carbocycles. The van der Waals surface area contributed by atoms with Crippen LogP contribution >= 0.6 is 0 Å². The highest BCUT2D eigenvalue weighted by molar-refractivity contribution is 7.89. The molecular formula is C20H27FN2O5S. The highest BCUT2D eigenvalue weighted by Crippen LogP contribution is 2.25. The molecular weight excluding hydrogens is 399 g/mol. The lowest BCUT2D eigenvalue weighted by atomic mass is 9.98. The van der Waals surface area contributed by atoms with Gasteiger partial charge in [-0.3, -0.25) is 9.59 Å². The second-order valence-electron chi connectivity index (χ2n) is 7.83. The first-order chi connectivity index (χ1) is 13.8. The van der Waals surface area contributed by atoms with E-state index in [1.807, 2.05) is 0 Å². The van der Waals surface area contributed by atoms with Crippen molar-refractivity contribution in [3.63, 3.8) is 0 Å². The van der Waals surface area contributed by atoms with Crippen molar-refractivity contribution >= 4 is 21.9 Å². The molecule has 2 aliphatic rings. The second-order valence-corrected chi connectivity index (χ2v) is 9.77. The van der Waals surface area contributed by atoms with Gasteiger partial charge in [-0.1, -0.05) is 6.92 Å². The number of esters is 1. The molecule has 1 atom stereocenters. The predicted molar refractivity (Wildman–Crippen MR) is 104 cm³/mol. The van der Waals surface area contributed by atoms with E-state index in [0.29, 0.717) is 31.8 Å². The van der Waals surface area contributed by atoms with Gasteiger partial charge in [0.05, 0.1) is 10.8 Å². The quantitative estimate of drug-likeness (QED) is 0.673. The van der Waals surface area contributed by atoms with Crippen molar-refractivity contribution in [3.05, 3.63) is 30.1 Å². The zero-order valence-corrected chi connectivity index (χ0v) is 17.4. The van der Waals surface area contributed by atoms with Crippen LogP contribution in [0.2, 0.25) is 0 Å². The average Bonchev–Trinajstić information content (AvgIpc) is 2.72. The van der Waals surface area contributed by atoms with Crippen LogP contribution in [0.5, 0.6) is 0 Å². The number of carbonyl (C=O) groups excluding carboxylic acids is 2. The summed E-state index contributed by atoms with van der Waals surface area (Å²) in [5, 5.41) is 0. The first-order valence-electron chi connectivity index (χ1n) is 9.97. The van der Waals surface area contributed by atoms with Crippen molar-refractivity contribution in [2.24, 2.45) is 11.8 Å². The molecule has 0 bridgehead atoms. The Labute approximate surface area is 170 Å². The van der Waals surface area contributed by atoms with Crippen LogP contribution in [0.15, 0.2) is 29.2 Å². The van der Waals surface area contributed by atoms with E-state index in [1.54, 1.807) is 4.90 Å². The SMILES string of the molecule is C[C@H]1CCCN(C(=O)COC(=O)C2CCN(S(=O)(=O)c3ccc(F)cc3)CC2)C1. The molecule has 7 nitrogen and oxygen atoms in total. The van der Waals surface area contributed by atoms with Gasteiger partial charge in [0.25, 0.3) is 5.91 Å². The summed E-state index contributed by atoms with van der Waals surface area (Å²) < 4.78 is 44.8. The first kappa shape index (κ1) is 21.7. The molecule has 2 aliphatic heterocycles. The van der Waals surface area contributed by atoms with Crippen molar-refractivity contribution < 1.29 is 27.1 Å². The number of benzene rings is 1. The van der Waals surface area contributed by atoms with E-state index < -0.39 is 27.7 Å². The van der Waals surface area contributed by atoms with Crippen LogP contribution in [0.1, 0.15) is 32.6 Å². The monoisotopic (exact) mass is 426 g/mol. The molecule has 1 aromatic rings. The van der Waals surface area contributed by atoms with Gasteiger partial charge in [-0.25, -0.2) is 12.8 Å². The van der Waals surface area contributed by atoms with Crippen LogP contribution in [-0.2, 0) is 24.3 Å². The van der Waals surface area contributed by atoms with E-state index in [4.69, 9.17) is 4.74 Å². The fraction of sp³-hybridized carbons (Fsp3) is 0.600. The third-order valence-electron chi connectivity index (χ3n) is 5.59. The standard InChI is InChI=1S/C20H27FN2O5S/c1-15-3-2-10-22(13-15)19(24)14-28-20(25)16-8-11-23(12-9-16)29(26,27)18-6-4-17(21)5-7-18/h4-7,15-16H,2-3,8-14H2,1H3/t15-/m0/s1. The van der Waals surface area contributed by atoms with Gasteiger partial charge >= 0.3 is 5.97 Å². The molecule has 2 fully saturated rings. The Morgan fingerprint density at radius 1 is 1.10 bits per heavy atom. The molecule has 29 heavy (non-hydrogen) atoms. The Kier molecular flexibility index (Phi) is 6.89. The molecule has 160 valence electrons. The summed E-state index contributed by atoms with van der Waals surface area (Å²) in [5.41, 5.74) is 0. The van der Waals surface area contributed by atoms with Crippen molar-refractivity contribution in [1.82, 2.24) is 9.21 Å². The summed E-state index contributed by atoms with van der Waals surface area (Å²) in [4.78, 5) is 26.3. The minimum atomic E-state index is -3.72. The minimum absolute atomic E-state index is 0.0290. The zero-order valence-electron chi connectivity index (χ0n) is 16.5. The normalized spacial score (nSPS) is 21.7. The highest BCUT2D eigenvalue weighted by atomic mass is 32.2. The van der Waals surface area contributed by atoms with Gasteiger partial charge in [-0.2, -0.15) is 4.31 Å². The molecule has 1 amide bonds. The molecule has 9 heteroatoms. The number of hydrogen-bond acceptors (Lipinski definition) is 5. The van der Waals surface area contributed by atoms with E-state index in [-0.39, 0.29) is 30.5 Å². The molecule has 0 spiro atoms. The smallest absolute Gasteiger partial charge is 0.309 e. The molecule has 2 saturated heterocycles. The number of rotatable bonds is 5. The maximum absolute atomic E-state index is 13.0. The van der Waals surface area contributed by atoms with E-state index in [2.05, 4.69) is 6.92 Å². The van der Waals surface area contributed by atoms with Gasteiger partial charge in [0.1, 0.15) is 5.82 Å². The van der Waals surface area contributed by atoms with Gasteiger partial charge in [0.2, 0.25) is 10.0 Å². The van der Waals surface area contributed by atoms with Gasteiger partial charge < -0.3 is 9.64 Å². The number of halogens is 1. The van der Waals surface area contributed by atoms with Crippen LogP contribution in [-0.4, -0.2) is 62.3 Å². The maximum atomic E-state index is 13.0. The van der Waals surface area contributed by atoms with Crippen LogP contribution < -0.4 is 0 Å². The van der Waals surface area contributed by atoms with Crippen molar-refractivity contribution in [2.75, 3.05) is 32.8 Å². The number of amides is 1. The number of carbonyl (C=O) groups is 2. The van der Waals surface area contributed by atoms with Crippen LogP contribution in [0.25, 0.3) is 0 Å². The highest BCUT2D eigenvalue weighted by Gasteiger charge is 2.33. The minimum Gasteiger partial charge on any atom is -0.455 e. The average molecular weight is 427 g/mol.